The molecule has 4 bridgehead atoms. The maximum absolute atomic E-state index is 12.8. The molecule has 27 heavy (non-hydrogen) atoms. The lowest BCUT2D eigenvalue weighted by atomic mass is 9.45. The molecule has 2 aliphatic heterocycles. The van der Waals surface area contributed by atoms with E-state index in [1.54, 1.807) is 5.57 Å². The maximum Gasteiger partial charge on any atom is 0.309 e. The fraction of sp³-hybridized carbons (Fsp3) is 0.783. The van der Waals surface area contributed by atoms with Gasteiger partial charge >= 0.3 is 5.97 Å². The number of allylic oxidation sites excluding steroid dienone is 2. The Morgan fingerprint density at radius 2 is 2.07 bits per heavy atom. The Bertz CT molecular complexity index is 801. The third-order valence-corrected chi connectivity index (χ3v) is 9.83. The summed E-state index contributed by atoms with van der Waals surface area (Å²) < 4.78 is 5.26. The van der Waals surface area contributed by atoms with Crippen molar-refractivity contribution in [1.29, 1.82) is 0 Å². The molecule has 4 aliphatic carbocycles. The van der Waals surface area contributed by atoms with Crippen molar-refractivity contribution in [3.05, 3.63) is 23.3 Å². The molecule has 6 aliphatic rings. The van der Waals surface area contributed by atoms with Crippen molar-refractivity contribution in [3.8, 4) is 0 Å². The Morgan fingerprint density at radius 1 is 1.30 bits per heavy atom. The van der Waals surface area contributed by atoms with Crippen molar-refractivity contribution < 1.29 is 14.6 Å². The molecule has 0 amide bonds. The van der Waals surface area contributed by atoms with E-state index in [0.29, 0.717) is 11.8 Å². The van der Waals surface area contributed by atoms with Crippen LogP contribution >= 0.6 is 0 Å². The fourth-order valence-electron chi connectivity index (χ4n) is 8.81. The molecule has 4 heteroatoms. The molecule has 1 spiro atoms. The van der Waals surface area contributed by atoms with Gasteiger partial charge in [-0.1, -0.05) is 37.1 Å². The molecular formula is C23H31NO3. The van der Waals surface area contributed by atoms with Crippen LogP contribution in [0.3, 0.4) is 0 Å². The molecule has 146 valence electrons. The molecule has 0 aromatic rings. The molecule has 1 N–H and O–H groups in total. The summed E-state index contributed by atoms with van der Waals surface area (Å²) in [6, 6.07) is 0. The second kappa shape index (κ2) is 4.88. The van der Waals surface area contributed by atoms with E-state index in [9.17, 15) is 9.90 Å². The van der Waals surface area contributed by atoms with Gasteiger partial charge in [0, 0.05) is 29.8 Å². The molecule has 8 atom stereocenters. The minimum atomic E-state index is -0.845. The lowest BCUT2D eigenvalue weighted by molar-refractivity contribution is -0.259. The molecule has 0 aromatic heterocycles. The van der Waals surface area contributed by atoms with Crippen molar-refractivity contribution in [1.82, 2.24) is 4.90 Å². The van der Waals surface area contributed by atoms with Crippen molar-refractivity contribution in [3.63, 3.8) is 0 Å². The summed E-state index contributed by atoms with van der Waals surface area (Å²) in [5.41, 5.74) is 1.82. The Kier molecular flexibility index (Phi) is 3.04. The van der Waals surface area contributed by atoms with Crippen LogP contribution in [0.2, 0.25) is 0 Å². The second-order valence-corrected chi connectivity index (χ2v) is 10.4. The van der Waals surface area contributed by atoms with Gasteiger partial charge in [-0.15, -0.1) is 0 Å². The third kappa shape index (κ3) is 1.54. The van der Waals surface area contributed by atoms with Gasteiger partial charge in [0.1, 0.15) is 5.72 Å². The average molecular weight is 370 g/mol. The van der Waals surface area contributed by atoms with Gasteiger partial charge in [-0.05, 0) is 49.9 Å². The number of hydrogen-bond donors (Lipinski definition) is 1. The van der Waals surface area contributed by atoms with Crippen LogP contribution in [0.1, 0.15) is 46.0 Å². The molecule has 8 unspecified atom stereocenters. The molecule has 2 saturated heterocycles. The van der Waals surface area contributed by atoms with Gasteiger partial charge < -0.3 is 9.84 Å². The van der Waals surface area contributed by atoms with Crippen LogP contribution in [0.25, 0.3) is 0 Å². The quantitative estimate of drug-likeness (QED) is 0.570. The van der Waals surface area contributed by atoms with Crippen LogP contribution in [-0.2, 0) is 9.53 Å². The van der Waals surface area contributed by atoms with Gasteiger partial charge in [0.2, 0.25) is 0 Å². The van der Waals surface area contributed by atoms with Crippen LogP contribution in [0.15, 0.2) is 23.3 Å². The normalized spacial score (nSPS) is 54.9. The summed E-state index contributed by atoms with van der Waals surface area (Å²) in [5, 5.41) is 12.6. The van der Waals surface area contributed by atoms with Gasteiger partial charge in [0.25, 0.3) is 0 Å². The molecule has 2 heterocycles. The monoisotopic (exact) mass is 369 g/mol. The molecule has 6 rings (SSSR count). The zero-order valence-electron chi connectivity index (χ0n) is 16.7. The number of carbonyl (C=O) groups is 1. The number of esters is 1. The highest BCUT2D eigenvalue weighted by Crippen LogP contribution is 2.78. The molecule has 3 fully saturated rings. The first-order chi connectivity index (χ1) is 12.9. The van der Waals surface area contributed by atoms with Crippen molar-refractivity contribution in [2.75, 3.05) is 20.2 Å². The highest BCUT2D eigenvalue weighted by Gasteiger charge is 2.79. The van der Waals surface area contributed by atoms with Crippen molar-refractivity contribution in [2.45, 2.75) is 51.7 Å². The van der Waals surface area contributed by atoms with E-state index in [0.717, 1.165) is 38.8 Å². The first kappa shape index (κ1) is 16.8. The summed E-state index contributed by atoms with van der Waals surface area (Å²) >= 11 is 0. The predicted octanol–water partition coefficient (Wildman–Crippen LogP) is 3.13. The van der Waals surface area contributed by atoms with Gasteiger partial charge in [0.15, 0.2) is 0 Å². The number of hydrogen-bond acceptors (Lipinski definition) is 4. The molecule has 0 radical (unpaired) electrons. The number of piperidine rings is 1. The highest BCUT2D eigenvalue weighted by molar-refractivity contribution is 5.75. The number of carbonyl (C=O) groups excluding carboxylic acids is 1. The van der Waals surface area contributed by atoms with Gasteiger partial charge in [-0.2, -0.15) is 0 Å². The van der Waals surface area contributed by atoms with E-state index >= 15 is 0 Å². The Labute approximate surface area is 161 Å². The number of nitrogens with zero attached hydrogens (tertiary/aromatic N) is 1. The van der Waals surface area contributed by atoms with E-state index in [1.807, 2.05) is 0 Å². The standard InChI is InChI=1S/C23H31NO3/c1-13-11-24-12-15-6-4-14-5-7-16-17(20(25)27-3)10-22(19(14)16)21(15,2)9-8-18(13)23(22,24)26/h8-9,13,15-18,26H,4-7,10-12H2,1-3H3. The summed E-state index contributed by atoms with van der Waals surface area (Å²) in [6.07, 6.45) is 10.1. The number of rotatable bonds is 1. The Balaban J connectivity index is 1.67. The summed E-state index contributed by atoms with van der Waals surface area (Å²) in [7, 11) is 1.52. The lowest BCUT2D eigenvalue weighted by Crippen LogP contribution is -2.73. The minimum Gasteiger partial charge on any atom is -0.469 e. The first-order valence-electron chi connectivity index (χ1n) is 10.9. The van der Waals surface area contributed by atoms with Crippen molar-refractivity contribution in [2.24, 2.45) is 40.4 Å². The van der Waals surface area contributed by atoms with Crippen LogP contribution in [0.5, 0.6) is 0 Å². The van der Waals surface area contributed by atoms with Gasteiger partial charge in [-0.25, -0.2) is 0 Å². The zero-order chi connectivity index (χ0) is 18.8. The van der Waals surface area contributed by atoms with Gasteiger partial charge in [-0.3, -0.25) is 9.69 Å². The van der Waals surface area contributed by atoms with Crippen molar-refractivity contribution >= 4 is 5.97 Å². The van der Waals surface area contributed by atoms with E-state index in [-0.39, 0.29) is 34.6 Å². The lowest BCUT2D eigenvalue weighted by Gasteiger charge is -2.67. The van der Waals surface area contributed by atoms with Crippen LogP contribution in [0.4, 0.5) is 0 Å². The van der Waals surface area contributed by atoms with E-state index < -0.39 is 5.72 Å². The third-order valence-electron chi connectivity index (χ3n) is 9.83. The second-order valence-electron chi connectivity index (χ2n) is 10.4. The Hall–Kier alpha value is -1.13. The number of methoxy groups -OCH3 is 1. The molecular weight excluding hydrogens is 338 g/mol. The van der Waals surface area contributed by atoms with E-state index in [4.69, 9.17) is 4.74 Å². The van der Waals surface area contributed by atoms with Crippen LogP contribution < -0.4 is 0 Å². The van der Waals surface area contributed by atoms with E-state index in [2.05, 4.69) is 30.9 Å². The zero-order valence-corrected chi connectivity index (χ0v) is 16.7. The molecule has 1 saturated carbocycles. The summed E-state index contributed by atoms with van der Waals surface area (Å²) in [4.78, 5) is 15.2. The SMILES string of the molecule is COC(=O)C1CC23C4=C(CCC41)CCC1CN4CC(C)C(C=CC12C)C43O. The maximum atomic E-state index is 12.8. The predicted molar refractivity (Wildman–Crippen MR) is 101 cm³/mol. The molecule has 4 nitrogen and oxygen atoms in total. The number of ether oxygens (including phenoxy) is 1. The largest absolute Gasteiger partial charge is 0.469 e. The first-order valence-corrected chi connectivity index (χ1v) is 10.9. The number of aliphatic hydroxyl groups is 1. The summed E-state index contributed by atoms with van der Waals surface area (Å²) in [6.45, 7) is 6.65. The van der Waals surface area contributed by atoms with Crippen LogP contribution in [0, 0.1) is 40.4 Å². The smallest absolute Gasteiger partial charge is 0.309 e. The average Bonchev–Trinajstić information content (AvgIpc) is 3.26. The summed E-state index contributed by atoms with van der Waals surface area (Å²) in [5.74, 6) is 1.28. The minimum absolute atomic E-state index is 0.0667. The van der Waals surface area contributed by atoms with Crippen LogP contribution in [-0.4, -0.2) is 41.9 Å². The fourth-order valence-corrected chi connectivity index (χ4v) is 8.81. The van der Waals surface area contributed by atoms with E-state index in [1.165, 1.54) is 19.1 Å². The topological polar surface area (TPSA) is 49.8 Å². The van der Waals surface area contributed by atoms with Gasteiger partial charge in [0.05, 0.1) is 13.0 Å². The highest BCUT2D eigenvalue weighted by atomic mass is 16.5. The molecule has 0 aromatic carbocycles. The Morgan fingerprint density at radius 3 is 2.85 bits per heavy atom.